The molecule has 2 unspecified atom stereocenters. The monoisotopic (exact) mass is 306 g/mol. The fraction of sp³-hybridized carbons (Fsp3) is 0.714. The van der Waals surface area contributed by atoms with Crippen LogP contribution in [0.2, 0.25) is 0 Å². The van der Waals surface area contributed by atoms with Crippen LogP contribution in [0.4, 0.5) is 0 Å². The third kappa shape index (κ3) is 14.0. The smallest absolute Gasteiger partial charge is 0.0883 e. The SMILES string of the molecule is C=COCCC(S)CCOCCC(S)CCOC=C. The Labute approximate surface area is 128 Å². The van der Waals surface area contributed by atoms with Crippen molar-refractivity contribution in [3.8, 4) is 0 Å². The molecular formula is C14H26O3S2. The van der Waals surface area contributed by atoms with Crippen molar-refractivity contribution >= 4 is 25.3 Å². The molecule has 112 valence electrons. The zero-order chi connectivity index (χ0) is 14.3. The van der Waals surface area contributed by atoms with Crippen LogP contribution in [0.1, 0.15) is 25.7 Å². The van der Waals surface area contributed by atoms with Crippen molar-refractivity contribution < 1.29 is 14.2 Å². The quantitative estimate of drug-likeness (QED) is 0.292. The molecule has 0 bridgehead atoms. The highest BCUT2D eigenvalue weighted by Gasteiger charge is 2.05. The Morgan fingerprint density at radius 1 is 0.737 bits per heavy atom. The summed E-state index contributed by atoms with van der Waals surface area (Å²) in [6, 6.07) is 0. The standard InChI is InChI=1S/C14H26O3S2/c1-3-15-9-5-13(18)7-11-17-12-8-14(19)6-10-16-4-2/h3-4,13-14,18-19H,1-2,5-12H2. The maximum Gasteiger partial charge on any atom is 0.0883 e. The van der Waals surface area contributed by atoms with E-state index < -0.39 is 0 Å². The summed E-state index contributed by atoms with van der Waals surface area (Å²) in [6.45, 7) is 9.78. The summed E-state index contributed by atoms with van der Waals surface area (Å²) in [4.78, 5) is 0. The Morgan fingerprint density at radius 2 is 1.11 bits per heavy atom. The van der Waals surface area contributed by atoms with Crippen LogP contribution in [0.15, 0.2) is 25.7 Å². The third-order valence-corrected chi connectivity index (χ3v) is 3.60. The number of hydrogen-bond acceptors (Lipinski definition) is 5. The molecule has 0 aromatic carbocycles. The van der Waals surface area contributed by atoms with Gasteiger partial charge in [-0.05, 0) is 25.7 Å². The van der Waals surface area contributed by atoms with E-state index in [4.69, 9.17) is 14.2 Å². The molecule has 0 aliphatic heterocycles. The second kappa shape index (κ2) is 14.2. The summed E-state index contributed by atoms with van der Waals surface area (Å²) in [6.07, 6.45) is 6.60. The molecule has 5 heteroatoms. The van der Waals surface area contributed by atoms with Crippen molar-refractivity contribution in [2.75, 3.05) is 26.4 Å². The highest BCUT2D eigenvalue weighted by molar-refractivity contribution is 7.81. The molecule has 0 amide bonds. The maximum atomic E-state index is 5.57. The molecule has 0 aliphatic rings. The van der Waals surface area contributed by atoms with Gasteiger partial charge in [0.15, 0.2) is 0 Å². The summed E-state index contributed by atoms with van der Waals surface area (Å²) in [5, 5.41) is 0.625. The van der Waals surface area contributed by atoms with E-state index in [9.17, 15) is 0 Å². The first-order valence-corrected chi connectivity index (χ1v) is 7.62. The third-order valence-electron chi connectivity index (χ3n) is 2.56. The molecular weight excluding hydrogens is 280 g/mol. The van der Waals surface area contributed by atoms with Gasteiger partial charge < -0.3 is 14.2 Å². The Kier molecular flexibility index (Phi) is 14.0. The Morgan fingerprint density at radius 3 is 1.47 bits per heavy atom. The van der Waals surface area contributed by atoms with Crippen molar-refractivity contribution in [1.29, 1.82) is 0 Å². The van der Waals surface area contributed by atoms with E-state index in [1.807, 2.05) is 0 Å². The number of ether oxygens (including phenoxy) is 3. The van der Waals surface area contributed by atoms with Gasteiger partial charge in [0, 0.05) is 23.7 Å². The maximum absolute atomic E-state index is 5.57. The van der Waals surface area contributed by atoms with Crippen molar-refractivity contribution in [1.82, 2.24) is 0 Å². The molecule has 0 aromatic heterocycles. The van der Waals surface area contributed by atoms with Crippen LogP contribution in [-0.4, -0.2) is 36.9 Å². The summed E-state index contributed by atoms with van der Waals surface area (Å²) in [7, 11) is 0. The van der Waals surface area contributed by atoms with Gasteiger partial charge in [0.05, 0.1) is 25.7 Å². The molecule has 0 aromatic rings. The first kappa shape index (κ1) is 18.7. The molecule has 0 spiro atoms. The van der Waals surface area contributed by atoms with Crippen LogP contribution in [0.5, 0.6) is 0 Å². The summed E-state index contributed by atoms with van der Waals surface area (Å²) in [5.74, 6) is 0. The van der Waals surface area contributed by atoms with E-state index in [1.165, 1.54) is 12.5 Å². The molecule has 2 atom stereocenters. The molecule has 0 radical (unpaired) electrons. The van der Waals surface area contributed by atoms with Gasteiger partial charge in [-0.3, -0.25) is 0 Å². The molecule has 0 N–H and O–H groups in total. The average molecular weight is 306 g/mol. The minimum absolute atomic E-state index is 0.313. The van der Waals surface area contributed by atoms with Gasteiger partial charge in [-0.1, -0.05) is 13.2 Å². The summed E-state index contributed by atoms with van der Waals surface area (Å²) < 4.78 is 15.7. The number of rotatable bonds is 14. The fourth-order valence-electron chi connectivity index (χ4n) is 1.40. The Balaban J connectivity index is 3.28. The van der Waals surface area contributed by atoms with Crippen LogP contribution in [0, 0.1) is 0 Å². The van der Waals surface area contributed by atoms with Crippen LogP contribution in [0.25, 0.3) is 0 Å². The molecule has 0 saturated carbocycles. The molecule has 3 nitrogen and oxygen atoms in total. The van der Waals surface area contributed by atoms with Crippen molar-refractivity contribution in [3.05, 3.63) is 25.7 Å². The average Bonchev–Trinajstić information content (AvgIpc) is 2.39. The summed E-state index contributed by atoms with van der Waals surface area (Å²) >= 11 is 8.93. The molecule has 19 heavy (non-hydrogen) atoms. The normalized spacial score (nSPS) is 13.6. The lowest BCUT2D eigenvalue weighted by Crippen LogP contribution is -2.11. The highest BCUT2D eigenvalue weighted by Crippen LogP contribution is 2.09. The lowest BCUT2D eigenvalue weighted by Gasteiger charge is -2.12. The molecule has 0 fully saturated rings. The van der Waals surface area contributed by atoms with Gasteiger partial charge in [-0.15, -0.1) is 0 Å². The highest BCUT2D eigenvalue weighted by atomic mass is 32.1. The first-order chi connectivity index (χ1) is 9.20. The lowest BCUT2D eigenvalue weighted by atomic mass is 10.2. The van der Waals surface area contributed by atoms with Crippen molar-refractivity contribution in [2.45, 2.75) is 36.2 Å². The van der Waals surface area contributed by atoms with E-state index in [2.05, 4.69) is 38.4 Å². The first-order valence-electron chi connectivity index (χ1n) is 6.59. The Bertz CT molecular complexity index is 203. The van der Waals surface area contributed by atoms with E-state index in [0.717, 1.165) is 38.9 Å². The van der Waals surface area contributed by atoms with Crippen molar-refractivity contribution in [3.63, 3.8) is 0 Å². The second-order valence-corrected chi connectivity index (χ2v) is 5.61. The van der Waals surface area contributed by atoms with Crippen molar-refractivity contribution in [2.24, 2.45) is 0 Å². The van der Waals surface area contributed by atoms with Gasteiger partial charge in [0.2, 0.25) is 0 Å². The van der Waals surface area contributed by atoms with E-state index >= 15 is 0 Å². The van der Waals surface area contributed by atoms with Crippen LogP contribution in [0.3, 0.4) is 0 Å². The minimum atomic E-state index is 0.313. The number of thiol groups is 2. The van der Waals surface area contributed by atoms with Gasteiger partial charge in [0.25, 0.3) is 0 Å². The topological polar surface area (TPSA) is 27.7 Å². The van der Waals surface area contributed by atoms with Crippen LogP contribution >= 0.6 is 25.3 Å². The Hall–Kier alpha value is -0.260. The zero-order valence-electron chi connectivity index (χ0n) is 11.5. The van der Waals surface area contributed by atoms with E-state index in [1.54, 1.807) is 0 Å². The predicted octanol–water partition coefficient (Wildman–Crippen LogP) is 3.48. The zero-order valence-corrected chi connectivity index (χ0v) is 13.3. The number of hydrogen-bond donors (Lipinski definition) is 2. The fourth-order valence-corrected chi connectivity index (χ4v) is 1.83. The largest absolute Gasteiger partial charge is 0.502 e. The van der Waals surface area contributed by atoms with Gasteiger partial charge >= 0.3 is 0 Å². The van der Waals surface area contributed by atoms with E-state index in [0.29, 0.717) is 23.7 Å². The lowest BCUT2D eigenvalue weighted by molar-refractivity contribution is 0.124. The van der Waals surface area contributed by atoms with Crippen LogP contribution < -0.4 is 0 Å². The van der Waals surface area contributed by atoms with Crippen LogP contribution in [-0.2, 0) is 14.2 Å². The van der Waals surface area contributed by atoms with E-state index in [-0.39, 0.29) is 0 Å². The molecule has 0 aliphatic carbocycles. The minimum Gasteiger partial charge on any atom is -0.502 e. The van der Waals surface area contributed by atoms with Gasteiger partial charge in [-0.2, -0.15) is 25.3 Å². The van der Waals surface area contributed by atoms with Gasteiger partial charge in [-0.25, -0.2) is 0 Å². The molecule has 0 saturated heterocycles. The molecule has 0 heterocycles. The predicted molar refractivity (Wildman–Crippen MR) is 87.1 cm³/mol. The molecule has 0 rings (SSSR count). The van der Waals surface area contributed by atoms with Gasteiger partial charge in [0.1, 0.15) is 0 Å². The second-order valence-electron chi connectivity index (χ2n) is 4.15. The summed E-state index contributed by atoms with van der Waals surface area (Å²) in [5.41, 5.74) is 0.